The van der Waals surface area contributed by atoms with Gasteiger partial charge in [-0.3, -0.25) is 0 Å². The maximum absolute atomic E-state index is 5.67. The minimum Gasteiger partial charge on any atom is -0.371 e. The molecule has 0 amide bonds. The zero-order chi connectivity index (χ0) is 9.90. The molecule has 0 saturated carbocycles. The number of benzene rings is 1. The second kappa shape index (κ2) is 4.42. The normalized spacial score (nSPS) is 11.7. The molecule has 0 aliphatic carbocycles. The fourth-order valence-corrected chi connectivity index (χ4v) is 1.53. The predicted molar refractivity (Wildman–Crippen MR) is 63.7 cm³/mol. The average molecular weight is 290 g/mol. The van der Waals surface area contributed by atoms with E-state index in [9.17, 15) is 0 Å². The Balaban J connectivity index is 2.55. The highest BCUT2D eigenvalue weighted by Crippen LogP contribution is 2.13. The molecule has 13 heavy (non-hydrogen) atoms. The number of hydrogen-bond donors (Lipinski definition) is 0. The Bertz CT molecular complexity index is 276. The first-order valence-electron chi connectivity index (χ1n) is 4.36. The van der Waals surface area contributed by atoms with Crippen molar-refractivity contribution in [2.45, 2.75) is 33.0 Å². The molecule has 0 aliphatic rings. The second-order valence-electron chi connectivity index (χ2n) is 4.03. The molecule has 1 rings (SSSR count). The highest BCUT2D eigenvalue weighted by atomic mass is 127. The smallest absolute Gasteiger partial charge is 0.0724 e. The van der Waals surface area contributed by atoms with Gasteiger partial charge >= 0.3 is 0 Å². The minimum absolute atomic E-state index is 0.0543. The minimum atomic E-state index is -0.0543. The summed E-state index contributed by atoms with van der Waals surface area (Å²) < 4.78 is 6.92. The molecule has 0 N–H and O–H groups in total. The van der Waals surface area contributed by atoms with Crippen molar-refractivity contribution in [1.29, 1.82) is 0 Å². The zero-order valence-electron chi connectivity index (χ0n) is 8.30. The van der Waals surface area contributed by atoms with Gasteiger partial charge in [0, 0.05) is 3.57 Å². The van der Waals surface area contributed by atoms with Crippen molar-refractivity contribution in [2.75, 3.05) is 0 Å². The molecular formula is C11H15IO. The summed E-state index contributed by atoms with van der Waals surface area (Å²) in [4.78, 5) is 0. The summed E-state index contributed by atoms with van der Waals surface area (Å²) in [5.41, 5.74) is 1.18. The summed E-state index contributed by atoms with van der Waals surface area (Å²) in [5.74, 6) is 0. The van der Waals surface area contributed by atoms with Gasteiger partial charge in [-0.15, -0.1) is 0 Å². The topological polar surface area (TPSA) is 9.23 Å². The summed E-state index contributed by atoms with van der Waals surface area (Å²) in [5, 5.41) is 0. The van der Waals surface area contributed by atoms with Gasteiger partial charge in [0.1, 0.15) is 0 Å². The predicted octanol–water partition coefficient (Wildman–Crippen LogP) is 3.61. The largest absolute Gasteiger partial charge is 0.371 e. The van der Waals surface area contributed by atoms with Gasteiger partial charge in [-0.05, 0) is 61.1 Å². The molecule has 1 nitrogen and oxygen atoms in total. The van der Waals surface area contributed by atoms with Gasteiger partial charge in [0.05, 0.1) is 12.2 Å². The van der Waals surface area contributed by atoms with Crippen LogP contribution in [0.2, 0.25) is 0 Å². The molecule has 1 aromatic rings. The van der Waals surface area contributed by atoms with Crippen LogP contribution >= 0.6 is 22.6 Å². The number of hydrogen-bond acceptors (Lipinski definition) is 1. The van der Waals surface area contributed by atoms with Crippen LogP contribution in [0.15, 0.2) is 24.3 Å². The molecule has 2 heteroatoms. The summed E-state index contributed by atoms with van der Waals surface area (Å²) in [7, 11) is 0. The Morgan fingerprint density at radius 2 is 2.00 bits per heavy atom. The molecule has 0 bridgehead atoms. The lowest BCUT2D eigenvalue weighted by atomic mass is 10.2. The van der Waals surface area contributed by atoms with Gasteiger partial charge in [-0.2, -0.15) is 0 Å². The SMILES string of the molecule is CC(C)(C)OCc1cccc(I)c1. The molecule has 1 aromatic carbocycles. The summed E-state index contributed by atoms with van der Waals surface area (Å²) in [6, 6.07) is 8.38. The lowest BCUT2D eigenvalue weighted by Gasteiger charge is -2.19. The second-order valence-corrected chi connectivity index (χ2v) is 5.28. The van der Waals surface area contributed by atoms with Crippen LogP contribution in [0.4, 0.5) is 0 Å². The van der Waals surface area contributed by atoms with Crippen LogP contribution in [0.1, 0.15) is 26.3 Å². The third kappa shape index (κ3) is 4.62. The maximum atomic E-state index is 5.67. The molecule has 0 radical (unpaired) electrons. The Morgan fingerprint density at radius 3 is 2.54 bits per heavy atom. The number of halogens is 1. The van der Waals surface area contributed by atoms with Crippen LogP contribution in [-0.4, -0.2) is 5.60 Å². The Morgan fingerprint density at radius 1 is 1.31 bits per heavy atom. The lowest BCUT2D eigenvalue weighted by molar-refractivity contribution is -0.0149. The van der Waals surface area contributed by atoms with E-state index in [1.54, 1.807) is 0 Å². The van der Waals surface area contributed by atoms with Gasteiger partial charge < -0.3 is 4.74 Å². The Kier molecular flexibility index (Phi) is 3.74. The molecule has 0 heterocycles. The van der Waals surface area contributed by atoms with E-state index >= 15 is 0 Å². The van der Waals surface area contributed by atoms with Gasteiger partial charge in [0.15, 0.2) is 0 Å². The van der Waals surface area contributed by atoms with Crippen molar-refractivity contribution in [1.82, 2.24) is 0 Å². The molecule has 0 spiro atoms. The molecule has 0 saturated heterocycles. The van der Waals surface area contributed by atoms with E-state index < -0.39 is 0 Å². The molecule has 0 unspecified atom stereocenters. The van der Waals surface area contributed by atoms with E-state index in [1.807, 2.05) is 0 Å². The van der Waals surface area contributed by atoms with Crippen molar-refractivity contribution in [3.8, 4) is 0 Å². The Hall–Kier alpha value is -0.0900. The zero-order valence-corrected chi connectivity index (χ0v) is 10.5. The highest BCUT2D eigenvalue weighted by Gasteiger charge is 2.09. The van der Waals surface area contributed by atoms with Crippen LogP contribution in [0.25, 0.3) is 0 Å². The first kappa shape index (κ1) is 11.0. The monoisotopic (exact) mass is 290 g/mol. The van der Waals surface area contributed by atoms with Crippen molar-refractivity contribution >= 4 is 22.6 Å². The average Bonchev–Trinajstić information content (AvgIpc) is 2.00. The lowest BCUT2D eigenvalue weighted by Crippen LogP contribution is -2.18. The first-order chi connectivity index (χ1) is 5.97. The van der Waals surface area contributed by atoms with Gasteiger partial charge in [0.2, 0.25) is 0 Å². The standard InChI is InChI=1S/C11H15IO/c1-11(2,3)13-8-9-5-4-6-10(12)7-9/h4-7H,8H2,1-3H3. The molecule has 0 fully saturated rings. The summed E-state index contributed by atoms with van der Waals surface area (Å²) in [6.07, 6.45) is 0. The van der Waals surface area contributed by atoms with Crippen LogP contribution in [-0.2, 0) is 11.3 Å². The highest BCUT2D eigenvalue weighted by molar-refractivity contribution is 14.1. The third-order valence-corrected chi connectivity index (χ3v) is 2.23. The first-order valence-corrected chi connectivity index (χ1v) is 5.44. The van der Waals surface area contributed by atoms with Gasteiger partial charge in [-0.1, -0.05) is 12.1 Å². The maximum Gasteiger partial charge on any atom is 0.0724 e. The number of rotatable bonds is 2. The van der Waals surface area contributed by atoms with Crippen molar-refractivity contribution in [3.63, 3.8) is 0 Å². The van der Waals surface area contributed by atoms with Crippen LogP contribution in [0.5, 0.6) is 0 Å². The molecule has 0 atom stereocenters. The quantitative estimate of drug-likeness (QED) is 0.756. The van der Waals surface area contributed by atoms with Crippen LogP contribution < -0.4 is 0 Å². The van der Waals surface area contributed by atoms with Crippen molar-refractivity contribution in [3.05, 3.63) is 33.4 Å². The summed E-state index contributed by atoms with van der Waals surface area (Å²) in [6.45, 7) is 6.91. The van der Waals surface area contributed by atoms with Crippen molar-refractivity contribution in [2.24, 2.45) is 0 Å². The molecule has 0 aliphatic heterocycles. The van der Waals surface area contributed by atoms with E-state index in [0.29, 0.717) is 6.61 Å². The van der Waals surface area contributed by atoms with Gasteiger partial charge in [0.25, 0.3) is 0 Å². The fraction of sp³-hybridized carbons (Fsp3) is 0.455. The van der Waals surface area contributed by atoms with E-state index in [-0.39, 0.29) is 5.60 Å². The van der Waals surface area contributed by atoms with Crippen LogP contribution in [0.3, 0.4) is 0 Å². The summed E-state index contributed by atoms with van der Waals surface area (Å²) >= 11 is 2.31. The fourth-order valence-electron chi connectivity index (χ4n) is 0.927. The van der Waals surface area contributed by atoms with E-state index in [2.05, 4.69) is 67.6 Å². The molecule has 72 valence electrons. The van der Waals surface area contributed by atoms with E-state index in [0.717, 1.165) is 0 Å². The van der Waals surface area contributed by atoms with E-state index in [1.165, 1.54) is 9.13 Å². The number of ether oxygens (including phenoxy) is 1. The Labute approximate surface area is 93.6 Å². The van der Waals surface area contributed by atoms with Crippen molar-refractivity contribution < 1.29 is 4.74 Å². The third-order valence-electron chi connectivity index (χ3n) is 1.56. The van der Waals surface area contributed by atoms with E-state index in [4.69, 9.17) is 4.74 Å². The van der Waals surface area contributed by atoms with Crippen LogP contribution in [0, 0.1) is 3.57 Å². The molecule has 0 aromatic heterocycles. The van der Waals surface area contributed by atoms with Gasteiger partial charge in [-0.25, -0.2) is 0 Å². The molecular weight excluding hydrogens is 275 g/mol.